The van der Waals surface area contributed by atoms with Gasteiger partial charge in [-0.15, -0.1) is 0 Å². The highest BCUT2D eigenvalue weighted by Gasteiger charge is 2.34. The van der Waals surface area contributed by atoms with E-state index in [0.29, 0.717) is 11.6 Å². The number of rotatable bonds is 6. The van der Waals surface area contributed by atoms with Crippen molar-refractivity contribution in [3.63, 3.8) is 0 Å². The first-order chi connectivity index (χ1) is 16.1. The molecule has 33 heavy (non-hydrogen) atoms. The van der Waals surface area contributed by atoms with Gasteiger partial charge < -0.3 is 9.84 Å². The molecule has 0 unspecified atom stereocenters. The van der Waals surface area contributed by atoms with E-state index in [4.69, 9.17) is 9.73 Å². The van der Waals surface area contributed by atoms with E-state index in [2.05, 4.69) is 31.2 Å². The lowest BCUT2D eigenvalue weighted by atomic mass is 9.70. The van der Waals surface area contributed by atoms with Gasteiger partial charge in [0.2, 0.25) is 0 Å². The molecule has 3 heteroatoms. The number of ether oxygens (including phenoxy) is 1. The van der Waals surface area contributed by atoms with Crippen molar-refractivity contribution in [3.05, 3.63) is 95.1 Å². The summed E-state index contributed by atoms with van der Waals surface area (Å²) >= 11 is 0. The average molecular weight is 442 g/mol. The monoisotopic (exact) mass is 441 g/mol. The van der Waals surface area contributed by atoms with Crippen LogP contribution in [0, 0.1) is 0 Å². The number of phenolic OH excluding ortho intramolecular Hbond substituents is 1. The van der Waals surface area contributed by atoms with Gasteiger partial charge in [-0.3, -0.25) is 4.99 Å². The van der Waals surface area contributed by atoms with Gasteiger partial charge >= 0.3 is 0 Å². The van der Waals surface area contributed by atoms with E-state index in [1.54, 1.807) is 7.11 Å². The third kappa shape index (κ3) is 5.13. The minimum absolute atomic E-state index is 0.264. The molecule has 0 saturated heterocycles. The molecule has 0 aliphatic heterocycles. The molecule has 0 radical (unpaired) electrons. The fraction of sp³-hybridized carbons (Fsp3) is 0.367. The van der Waals surface area contributed by atoms with Gasteiger partial charge in [-0.25, -0.2) is 0 Å². The van der Waals surface area contributed by atoms with Gasteiger partial charge in [0.05, 0.1) is 7.11 Å². The van der Waals surface area contributed by atoms with Crippen molar-refractivity contribution in [1.29, 1.82) is 0 Å². The molecule has 1 saturated carbocycles. The standard InChI is InChI=1S/C30H35NO2/c1-30(24-14-8-6-9-15-24,25-16-10-7-11-17-25)28-21-27(33-2)20-23(29(28)32)22-31-26-18-12-4-3-5-13-19-26/h6-11,14-17,20-22,26,32H,3-5,12-13,18-19H2,1-2H3. The Morgan fingerprint density at radius 2 is 1.39 bits per heavy atom. The van der Waals surface area contributed by atoms with Gasteiger partial charge in [-0.1, -0.05) is 92.8 Å². The molecule has 1 N–H and O–H groups in total. The Labute approximate surface area is 198 Å². The van der Waals surface area contributed by atoms with E-state index in [0.717, 1.165) is 35.3 Å². The zero-order chi connectivity index (χ0) is 23.1. The van der Waals surface area contributed by atoms with Gasteiger partial charge in [0.1, 0.15) is 11.5 Å². The van der Waals surface area contributed by atoms with Crippen molar-refractivity contribution in [3.8, 4) is 11.5 Å². The Bertz CT molecular complexity index is 1010. The molecule has 1 aliphatic carbocycles. The molecule has 1 aliphatic rings. The maximum Gasteiger partial charge on any atom is 0.129 e. The molecule has 3 nitrogen and oxygen atoms in total. The molecule has 4 rings (SSSR count). The number of hydrogen-bond acceptors (Lipinski definition) is 3. The van der Waals surface area contributed by atoms with E-state index >= 15 is 0 Å². The average Bonchev–Trinajstić information content (AvgIpc) is 2.85. The first kappa shape index (κ1) is 23.1. The summed E-state index contributed by atoms with van der Waals surface area (Å²) in [4.78, 5) is 4.92. The number of methoxy groups -OCH3 is 1. The Kier molecular flexibility index (Phi) is 7.49. The zero-order valence-electron chi connectivity index (χ0n) is 19.8. The normalized spacial score (nSPS) is 15.8. The molecule has 1 fully saturated rings. The first-order valence-electron chi connectivity index (χ1n) is 12.2. The van der Waals surface area contributed by atoms with Crippen molar-refractivity contribution in [2.75, 3.05) is 7.11 Å². The molecule has 0 spiro atoms. The lowest BCUT2D eigenvalue weighted by molar-refractivity contribution is 0.408. The topological polar surface area (TPSA) is 41.8 Å². The molecular formula is C30H35NO2. The molecule has 3 aromatic carbocycles. The van der Waals surface area contributed by atoms with Crippen LogP contribution in [0.5, 0.6) is 11.5 Å². The smallest absolute Gasteiger partial charge is 0.129 e. The summed E-state index contributed by atoms with van der Waals surface area (Å²) in [5, 5.41) is 11.6. The molecule has 0 atom stereocenters. The van der Waals surface area contributed by atoms with E-state index in [-0.39, 0.29) is 5.75 Å². The summed E-state index contributed by atoms with van der Waals surface area (Å²) in [6.45, 7) is 2.17. The number of hydrogen-bond donors (Lipinski definition) is 1. The van der Waals surface area contributed by atoms with E-state index in [9.17, 15) is 5.11 Å². The van der Waals surface area contributed by atoms with Crippen LogP contribution in [0.25, 0.3) is 0 Å². The Morgan fingerprint density at radius 1 is 0.848 bits per heavy atom. The molecule has 172 valence electrons. The molecule has 3 aromatic rings. The fourth-order valence-electron chi connectivity index (χ4n) is 5.02. The van der Waals surface area contributed by atoms with Crippen LogP contribution in [0.1, 0.15) is 74.1 Å². The summed E-state index contributed by atoms with van der Waals surface area (Å²) in [6, 6.07) is 24.9. The lowest BCUT2D eigenvalue weighted by Crippen LogP contribution is -2.26. The predicted molar refractivity (Wildman–Crippen MR) is 137 cm³/mol. The predicted octanol–water partition coefficient (Wildman–Crippen LogP) is 7.29. The number of phenols is 1. The fourth-order valence-corrected chi connectivity index (χ4v) is 5.02. The second kappa shape index (κ2) is 10.7. The maximum absolute atomic E-state index is 11.6. The summed E-state index contributed by atoms with van der Waals surface area (Å²) in [5.74, 6) is 0.987. The van der Waals surface area contributed by atoms with Gasteiger partial charge in [0.25, 0.3) is 0 Å². The van der Waals surface area contributed by atoms with Crippen molar-refractivity contribution in [1.82, 2.24) is 0 Å². The largest absolute Gasteiger partial charge is 0.507 e. The molecule has 0 aromatic heterocycles. The van der Waals surface area contributed by atoms with Gasteiger partial charge in [-0.2, -0.15) is 0 Å². The minimum atomic E-state index is -0.552. The number of aliphatic imine (C=N–C) groups is 1. The summed E-state index contributed by atoms with van der Waals surface area (Å²) in [6.07, 6.45) is 10.5. The summed E-state index contributed by atoms with van der Waals surface area (Å²) in [5.41, 5.74) is 3.21. The number of nitrogens with zero attached hydrogens (tertiary/aromatic N) is 1. The highest BCUT2D eigenvalue weighted by Crippen LogP contribution is 2.45. The Hall–Kier alpha value is -3.07. The zero-order valence-corrected chi connectivity index (χ0v) is 19.8. The lowest BCUT2D eigenvalue weighted by Gasteiger charge is -2.33. The van der Waals surface area contributed by atoms with Crippen LogP contribution in [0.2, 0.25) is 0 Å². The third-order valence-electron chi connectivity index (χ3n) is 7.09. The van der Waals surface area contributed by atoms with Crippen LogP contribution < -0.4 is 4.74 Å². The maximum atomic E-state index is 11.6. The van der Waals surface area contributed by atoms with Crippen LogP contribution in [-0.2, 0) is 5.41 Å². The van der Waals surface area contributed by atoms with Crippen LogP contribution in [0.4, 0.5) is 0 Å². The van der Waals surface area contributed by atoms with Crippen LogP contribution in [0.3, 0.4) is 0 Å². The Morgan fingerprint density at radius 3 is 1.94 bits per heavy atom. The highest BCUT2D eigenvalue weighted by molar-refractivity contribution is 5.86. The van der Waals surface area contributed by atoms with E-state index in [1.165, 1.54) is 32.1 Å². The minimum Gasteiger partial charge on any atom is -0.507 e. The molecule has 0 heterocycles. The van der Waals surface area contributed by atoms with Crippen LogP contribution in [-0.4, -0.2) is 24.5 Å². The number of aromatic hydroxyl groups is 1. The highest BCUT2D eigenvalue weighted by atomic mass is 16.5. The van der Waals surface area contributed by atoms with Gasteiger partial charge in [0, 0.05) is 28.8 Å². The van der Waals surface area contributed by atoms with Crippen LogP contribution in [0.15, 0.2) is 77.8 Å². The van der Waals surface area contributed by atoms with Crippen molar-refractivity contribution in [2.45, 2.75) is 63.3 Å². The SMILES string of the molecule is COc1cc(C=NC2CCCCCCC2)c(O)c(C(C)(c2ccccc2)c2ccccc2)c1. The third-order valence-corrected chi connectivity index (χ3v) is 7.09. The van der Waals surface area contributed by atoms with Gasteiger partial charge in [-0.05, 0) is 43.0 Å². The van der Waals surface area contributed by atoms with E-state index < -0.39 is 5.41 Å². The summed E-state index contributed by atoms with van der Waals surface area (Å²) < 4.78 is 5.67. The quantitative estimate of drug-likeness (QED) is 0.322. The second-order valence-electron chi connectivity index (χ2n) is 9.25. The molecule has 0 bridgehead atoms. The number of benzene rings is 3. The van der Waals surface area contributed by atoms with Crippen molar-refractivity contribution in [2.24, 2.45) is 4.99 Å². The second-order valence-corrected chi connectivity index (χ2v) is 9.25. The van der Waals surface area contributed by atoms with E-state index in [1.807, 2.05) is 54.7 Å². The van der Waals surface area contributed by atoms with Gasteiger partial charge in [0.15, 0.2) is 0 Å². The summed E-state index contributed by atoms with van der Waals surface area (Å²) in [7, 11) is 1.67. The van der Waals surface area contributed by atoms with Crippen LogP contribution >= 0.6 is 0 Å². The first-order valence-corrected chi connectivity index (χ1v) is 12.2. The molecule has 0 amide bonds. The Balaban J connectivity index is 1.81. The van der Waals surface area contributed by atoms with Crippen molar-refractivity contribution >= 4 is 6.21 Å². The molecular weight excluding hydrogens is 406 g/mol. The van der Waals surface area contributed by atoms with Crippen molar-refractivity contribution < 1.29 is 9.84 Å².